The smallest absolute Gasteiger partial charge is 0.214 e. The van der Waals surface area contributed by atoms with Crippen LogP contribution in [0.2, 0.25) is 0 Å². The minimum atomic E-state index is 0.568. The van der Waals surface area contributed by atoms with Crippen LogP contribution in [0.4, 0.5) is 0 Å². The van der Waals surface area contributed by atoms with Gasteiger partial charge in [-0.05, 0) is 17.5 Å². The second-order valence-corrected chi connectivity index (χ2v) is 4.81. The fourth-order valence-corrected chi connectivity index (χ4v) is 2.48. The number of ether oxygens (including phenoxy) is 3. The maximum Gasteiger partial charge on any atom is 0.214 e. The number of hydrogen-bond acceptors (Lipinski definition) is 4. The fraction of sp³-hybridized carbons (Fsp3) is 0.167. The lowest BCUT2D eigenvalue weighted by molar-refractivity contribution is 0.356. The molecule has 0 aliphatic heterocycles. The lowest BCUT2D eigenvalue weighted by Gasteiger charge is -2.13. The largest absolute Gasteiger partial charge is 0.493 e. The standard InChI is InChI=1S/C18H17NO3/c1-20-15-9-13-10-17(22-3)19-18(12-7-5-4-6-8-12)14(13)11-16(15)21-2/h4-11H,1-3H3. The molecule has 0 saturated heterocycles. The van der Waals surface area contributed by atoms with Crippen LogP contribution in [0.5, 0.6) is 17.4 Å². The molecule has 0 atom stereocenters. The Morgan fingerprint density at radius 1 is 0.773 bits per heavy atom. The molecule has 0 unspecified atom stereocenters. The molecule has 0 spiro atoms. The summed E-state index contributed by atoms with van der Waals surface area (Å²) in [4.78, 5) is 4.60. The van der Waals surface area contributed by atoms with Crippen molar-refractivity contribution in [3.63, 3.8) is 0 Å². The highest BCUT2D eigenvalue weighted by Gasteiger charge is 2.13. The highest BCUT2D eigenvalue weighted by molar-refractivity contribution is 5.97. The summed E-state index contributed by atoms with van der Waals surface area (Å²) in [6, 6.07) is 15.8. The number of pyridine rings is 1. The zero-order chi connectivity index (χ0) is 15.5. The van der Waals surface area contributed by atoms with Gasteiger partial charge in [0.05, 0.1) is 27.0 Å². The molecule has 0 amide bonds. The molecular weight excluding hydrogens is 278 g/mol. The van der Waals surface area contributed by atoms with Crippen LogP contribution < -0.4 is 14.2 Å². The van der Waals surface area contributed by atoms with Gasteiger partial charge in [-0.25, -0.2) is 4.98 Å². The van der Waals surface area contributed by atoms with Crippen LogP contribution in [-0.2, 0) is 0 Å². The van der Waals surface area contributed by atoms with E-state index in [4.69, 9.17) is 14.2 Å². The van der Waals surface area contributed by atoms with Gasteiger partial charge < -0.3 is 14.2 Å². The van der Waals surface area contributed by atoms with Crippen LogP contribution in [-0.4, -0.2) is 26.3 Å². The molecule has 112 valence electrons. The summed E-state index contributed by atoms with van der Waals surface area (Å²) in [6.45, 7) is 0. The zero-order valence-corrected chi connectivity index (χ0v) is 12.8. The Kier molecular flexibility index (Phi) is 3.83. The van der Waals surface area contributed by atoms with Gasteiger partial charge in [-0.3, -0.25) is 0 Å². The summed E-state index contributed by atoms with van der Waals surface area (Å²) in [5.74, 6) is 1.93. The number of hydrogen-bond donors (Lipinski definition) is 0. The molecule has 0 N–H and O–H groups in total. The molecule has 0 saturated carbocycles. The number of fused-ring (bicyclic) bond motifs is 1. The second-order valence-electron chi connectivity index (χ2n) is 4.81. The Labute approximate surface area is 129 Å². The highest BCUT2D eigenvalue weighted by atomic mass is 16.5. The van der Waals surface area contributed by atoms with Gasteiger partial charge in [0.1, 0.15) is 0 Å². The summed E-state index contributed by atoms with van der Waals surface area (Å²) in [7, 11) is 4.87. The predicted octanol–water partition coefficient (Wildman–Crippen LogP) is 3.93. The third-order valence-electron chi connectivity index (χ3n) is 3.57. The molecule has 4 heteroatoms. The summed E-state index contributed by atoms with van der Waals surface area (Å²) in [6.07, 6.45) is 0. The van der Waals surface area contributed by atoms with Crippen LogP contribution in [0.1, 0.15) is 0 Å². The molecule has 4 nitrogen and oxygen atoms in total. The van der Waals surface area contributed by atoms with E-state index in [-0.39, 0.29) is 0 Å². The first-order valence-electron chi connectivity index (χ1n) is 6.93. The van der Waals surface area contributed by atoms with E-state index in [2.05, 4.69) is 4.98 Å². The Balaban J connectivity index is 2.34. The minimum Gasteiger partial charge on any atom is -0.493 e. The van der Waals surface area contributed by atoms with Crippen molar-refractivity contribution in [3.8, 4) is 28.6 Å². The van der Waals surface area contributed by atoms with Gasteiger partial charge >= 0.3 is 0 Å². The summed E-state index contributed by atoms with van der Waals surface area (Å²) < 4.78 is 16.1. The summed E-state index contributed by atoms with van der Waals surface area (Å²) >= 11 is 0. The van der Waals surface area contributed by atoms with Crippen LogP contribution in [0.25, 0.3) is 22.0 Å². The number of aromatic nitrogens is 1. The molecule has 22 heavy (non-hydrogen) atoms. The van der Waals surface area contributed by atoms with Gasteiger partial charge in [0.2, 0.25) is 5.88 Å². The maximum atomic E-state index is 5.41. The average molecular weight is 295 g/mol. The molecule has 0 fully saturated rings. The molecule has 0 aliphatic rings. The van der Waals surface area contributed by atoms with E-state index in [1.54, 1.807) is 21.3 Å². The van der Waals surface area contributed by atoms with Crippen molar-refractivity contribution in [3.05, 3.63) is 48.5 Å². The van der Waals surface area contributed by atoms with Gasteiger partial charge in [-0.1, -0.05) is 30.3 Å². The molecule has 0 bridgehead atoms. The zero-order valence-electron chi connectivity index (χ0n) is 12.8. The van der Waals surface area contributed by atoms with Crippen molar-refractivity contribution >= 4 is 10.8 Å². The molecule has 1 heterocycles. The van der Waals surface area contributed by atoms with E-state index >= 15 is 0 Å². The van der Waals surface area contributed by atoms with Crippen molar-refractivity contribution in [2.45, 2.75) is 0 Å². The third kappa shape index (κ3) is 2.44. The quantitative estimate of drug-likeness (QED) is 0.731. The Bertz CT molecular complexity index is 800. The Morgan fingerprint density at radius 3 is 2.09 bits per heavy atom. The highest BCUT2D eigenvalue weighted by Crippen LogP contribution is 2.37. The van der Waals surface area contributed by atoms with Crippen molar-refractivity contribution in [2.24, 2.45) is 0 Å². The molecular formula is C18H17NO3. The van der Waals surface area contributed by atoms with Crippen LogP contribution in [0.3, 0.4) is 0 Å². The predicted molar refractivity (Wildman–Crippen MR) is 86.8 cm³/mol. The van der Waals surface area contributed by atoms with Crippen LogP contribution >= 0.6 is 0 Å². The lowest BCUT2D eigenvalue weighted by atomic mass is 10.0. The van der Waals surface area contributed by atoms with E-state index in [0.717, 1.165) is 22.0 Å². The molecule has 2 aromatic carbocycles. The number of benzene rings is 2. The molecule has 3 rings (SSSR count). The van der Waals surface area contributed by atoms with Gasteiger partial charge in [-0.15, -0.1) is 0 Å². The van der Waals surface area contributed by atoms with E-state index < -0.39 is 0 Å². The van der Waals surface area contributed by atoms with E-state index in [9.17, 15) is 0 Å². The normalized spacial score (nSPS) is 10.5. The average Bonchev–Trinajstić information content (AvgIpc) is 2.60. The van der Waals surface area contributed by atoms with Gasteiger partial charge in [0, 0.05) is 17.0 Å². The lowest BCUT2D eigenvalue weighted by Crippen LogP contribution is -1.95. The topological polar surface area (TPSA) is 40.6 Å². The van der Waals surface area contributed by atoms with Crippen molar-refractivity contribution in [1.82, 2.24) is 4.98 Å². The molecule has 3 aromatic rings. The number of rotatable bonds is 4. The molecule has 0 radical (unpaired) electrons. The first-order chi connectivity index (χ1) is 10.8. The van der Waals surface area contributed by atoms with Crippen LogP contribution in [0.15, 0.2) is 48.5 Å². The number of nitrogens with zero attached hydrogens (tertiary/aromatic N) is 1. The first-order valence-corrected chi connectivity index (χ1v) is 6.93. The first kappa shape index (κ1) is 14.2. The summed E-state index contributed by atoms with van der Waals surface area (Å²) in [5, 5.41) is 1.98. The van der Waals surface area contributed by atoms with E-state index in [1.807, 2.05) is 48.5 Å². The maximum absolute atomic E-state index is 5.41. The minimum absolute atomic E-state index is 0.568. The van der Waals surface area contributed by atoms with Gasteiger partial charge in [0.25, 0.3) is 0 Å². The second kappa shape index (κ2) is 5.93. The monoisotopic (exact) mass is 295 g/mol. The van der Waals surface area contributed by atoms with Crippen LogP contribution in [0, 0.1) is 0 Å². The van der Waals surface area contributed by atoms with Crippen molar-refractivity contribution < 1.29 is 14.2 Å². The molecule has 0 aliphatic carbocycles. The van der Waals surface area contributed by atoms with Gasteiger partial charge in [0.15, 0.2) is 11.5 Å². The number of methoxy groups -OCH3 is 3. The Morgan fingerprint density at radius 2 is 1.45 bits per heavy atom. The summed E-state index contributed by atoms with van der Waals surface area (Å²) in [5.41, 5.74) is 1.88. The Hall–Kier alpha value is -2.75. The van der Waals surface area contributed by atoms with E-state index in [1.165, 1.54) is 0 Å². The van der Waals surface area contributed by atoms with Crippen molar-refractivity contribution in [1.29, 1.82) is 0 Å². The third-order valence-corrected chi connectivity index (χ3v) is 3.57. The van der Waals surface area contributed by atoms with E-state index in [0.29, 0.717) is 17.4 Å². The fourth-order valence-electron chi connectivity index (χ4n) is 2.48. The molecule has 1 aromatic heterocycles. The van der Waals surface area contributed by atoms with Crippen molar-refractivity contribution in [2.75, 3.05) is 21.3 Å². The van der Waals surface area contributed by atoms with Gasteiger partial charge in [-0.2, -0.15) is 0 Å². The SMILES string of the molecule is COc1cc2cc(OC)c(OC)cc2c(-c2ccccc2)n1.